The summed E-state index contributed by atoms with van der Waals surface area (Å²) >= 11 is 1.66. The van der Waals surface area contributed by atoms with E-state index in [0.717, 1.165) is 28.5 Å². The molecule has 1 atom stereocenters. The van der Waals surface area contributed by atoms with Crippen LogP contribution in [0.3, 0.4) is 0 Å². The van der Waals surface area contributed by atoms with Crippen LogP contribution in [0.1, 0.15) is 25.1 Å². The first kappa shape index (κ1) is 16.1. The maximum atomic E-state index is 6.89. The van der Waals surface area contributed by atoms with Gasteiger partial charge in [-0.3, -0.25) is 4.99 Å². The summed E-state index contributed by atoms with van der Waals surface area (Å²) in [6, 6.07) is 2.01. The van der Waals surface area contributed by atoms with Gasteiger partial charge in [-0.25, -0.2) is 4.98 Å². The topological polar surface area (TPSA) is 63.8 Å². The summed E-state index contributed by atoms with van der Waals surface area (Å²) in [6.45, 7) is 11.7. The normalized spacial score (nSPS) is 14.5. The van der Waals surface area contributed by atoms with Crippen LogP contribution in [0.4, 0.5) is 11.6 Å². The van der Waals surface area contributed by atoms with Crippen LogP contribution in [-0.4, -0.2) is 28.5 Å². The zero-order chi connectivity index (χ0) is 16.9. The number of hydrogen-bond donors (Lipinski definition) is 1. The lowest BCUT2D eigenvalue weighted by molar-refractivity contribution is 0.218. The van der Waals surface area contributed by atoms with E-state index >= 15 is 0 Å². The summed E-state index contributed by atoms with van der Waals surface area (Å²) in [4.78, 5) is 17.0. The number of thiophene rings is 1. The van der Waals surface area contributed by atoms with E-state index in [-0.39, 0.29) is 11.9 Å². The molecule has 6 nitrogen and oxygen atoms in total. The highest BCUT2D eigenvalue weighted by Crippen LogP contribution is 2.34. The molecule has 0 bridgehead atoms. The highest BCUT2D eigenvalue weighted by molar-refractivity contribution is 7.11. The second-order valence-corrected chi connectivity index (χ2v) is 6.23. The average Bonchev–Trinajstić information content (AvgIpc) is 3.24. The third kappa shape index (κ3) is 3.60. The minimum absolute atomic E-state index is 0.190. The van der Waals surface area contributed by atoms with E-state index in [9.17, 15) is 0 Å². The van der Waals surface area contributed by atoms with Gasteiger partial charge in [0, 0.05) is 0 Å². The number of aromatic nitrogens is 2. The zero-order valence-electron chi connectivity index (χ0n) is 13.5. The molecular weight excluding hydrogens is 322 g/mol. The molecule has 3 rings (SSSR count). The van der Waals surface area contributed by atoms with Gasteiger partial charge in [-0.2, -0.15) is 0 Å². The number of hydrogen-bond acceptors (Lipinski definition) is 6. The third-order valence-electron chi connectivity index (χ3n) is 3.56. The van der Waals surface area contributed by atoms with E-state index in [4.69, 9.17) is 11.3 Å². The fraction of sp³-hybridized carbons (Fsp3) is 0.294. The summed E-state index contributed by atoms with van der Waals surface area (Å²) < 4.78 is 5.97. The molecule has 3 heterocycles. The molecule has 0 aliphatic carbocycles. The van der Waals surface area contributed by atoms with Crippen LogP contribution in [0.5, 0.6) is 5.75 Å². The number of nitrogens with zero attached hydrogens (tertiary/aromatic N) is 4. The van der Waals surface area contributed by atoms with Gasteiger partial charge < -0.3 is 14.9 Å². The molecule has 122 valence electrons. The van der Waals surface area contributed by atoms with Crippen molar-refractivity contribution >= 4 is 34.4 Å². The van der Waals surface area contributed by atoms with E-state index in [1.807, 2.05) is 17.5 Å². The van der Waals surface area contributed by atoms with Crippen molar-refractivity contribution in [3.05, 3.63) is 46.2 Å². The Balaban J connectivity index is 1.71. The molecular formula is C17H17N5OS. The van der Waals surface area contributed by atoms with Crippen LogP contribution in [0.25, 0.3) is 10.4 Å². The minimum Gasteiger partial charge on any atom is -0.489 e. The van der Waals surface area contributed by atoms with Crippen LogP contribution in [0.15, 0.2) is 34.9 Å². The minimum atomic E-state index is 0.190. The molecule has 0 saturated heterocycles. The van der Waals surface area contributed by atoms with Gasteiger partial charge in [-0.15, -0.1) is 16.3 Å². The number of anilines is 1. The highest BCUT2D eigenvalue weighted by atomic mass is 32.1. The van der Waals surface area contributed by atoms with E-state index in [1.165, 1.54) is 12.4 Å². The Morgan fingerprint density at radius 1 is 1.42 bits per heavy atom. The Hall–Kier alpha value is -2.72. The SMILES string of the molecule is [C-]#[N+]c1cnc(NC2=NCC(c3sccc3O[C@@H](C)CC)=C2)cn1. The lowest BCUT2D eigenvalue weighted by Crippen LogP contribution is -2.10. The number of amidine groups is 1. The largest absolute Gasteiger partial charge is 0.489 e. The standard InChI is InChI=1S/C17H17N5OS/c1-4-11(2)23-13-5-6-24-17(13)12-7-14(19-8-12)22-16-10-20-15(18-3)9-21-16/h5-7,9-11H,4,8H2,1-2H3,(H,19,21,22)/t11-/m0/s1. The van der Waals surface area contributed by atoms with E-state index < -0.39 is 0 Å². The molecule has 0 amide bonds. The Morgan fingerprint density at radius 2 is 2.29 bits per heavy atom. The lowest BCUT2D eigenvalue weighted by Gasteiger charge is -2.13. The second kappa shape index (κ2) is 7.23. The van der Waals surface area contributed by atoms with Crippen molar-refractivity contribution in [1.29, 1.82) is 0 Å². The molecule has 0 saturated carbocycles. The Kier molecular flexibility index (Phi) is 4.87. The van der Waals surface area contributed by atoms with Gasteiger partial charge >= 0.3 is 0 Å². The Labute approximate surface area is 144 Å². The molecule has 0 spiro atoms. The van der Waals surface area contributed by atoms with Crippen LogP contribution in [-0.2, 0) is 0 Å². The van der Waals surface area contributed by atoms with E-state index in [0.29, 0.717) is 12.4 Å². The maximum Gasteiger partial charge on any atom is 0.288 e. The summed E-state index contributed by atoms with van der Waals surface area (Å²) in [5.74, 6) is 2.49. The van der Waals surface area contributed by atoms with Gasteiger partial charge in [-0.05, 0) is 36.4 Å². The van der Waals surface area contributed by atoms with Crippen molar-refractivity contribution in [1.82, 2.24) is 9.97 Å². The van der Waals surface area contributed by atoms with Crippen molar-refractivity contribution in [2.75, 3.05) is 11.9 Å². The van der Waals surface area contributed by atoms with Gasteiger partial charge in [0.1, 0.15) is 11.6 Å². The summed E-state index contributed by atoms with van der Waals surface area (Å²) in [5, 5.41) is 5.15. The molecule has 1 N–H and O–H groups in total. The lowest BCUT2D eigenvalue weighted by atomic mass is 10.2. The molecule has 2 aromatic heterocycles. The molecule has 1 aliphatic heterocycles. The first-order chi connectivity index (χ1) is 11.7. The molecule has 0 aromatic carbocycles. The van der Waals surface area contributed by atoms with Gasteiger partial charge in [0.05, 0.1) is 23.7 Å². The predicted molar refractivity (Wildman–Crippen MR) is 96.9 cm³/mol. The first-order valence-corrected chi connectivity index (χ1v) is 8.53. The Morgan fingerprint density at radius 3 is 3.00 bits per heavy atom. The molecule has 0 radical (unpaired) electrons. The summed E-state index contributed by atoms with van der Waals surface area (Å²) in [5.41, 5.74) is 1.12. The van der Waals surface area contributed by atoms with Crippen molar-refractivity contribution in [2.24, 2.45) is 4.99 Å². The quantitative estimate of drug-likeness (QED) is 0.830. The summed E-state index contributed by atoms with van der Waals surface area (Å²) in [7, 11) is 0. The van der Waals surface area contributed by atoms with Crippen LogP contribution in [0, 0.1) is 6.57 Å². The monoisotopic (exact) mass is 339 g/mol. The second-order valence-electron chi connectivity index (χ2n) is 5.32. The van der Waals surface area contributed by atoms with Gasteiger partial charge in [0.15, 0.2) is 12.0 Å². The fourth-order valence-electron chi connectivity index (χ4n) is 2.14. The predicted octanol–water partition coefficient (Wildman–Crippen LogP) is 4.17. The number of rotatable bonds is 5. The maximum absolute atomic E-state index is 6.89. The van der Waals surface area contributed by atoms with Crippen molar-refractivity contribution < 1.29 is 4.74 Å². The van der Waals surface area contributed by atoms with Gasteiger partial charge in [-0.1, -0.05) is 13.5 Å². The molecule has 24 heavy (non-hydrogen) atoms. The Bertz CT molecular complexity index is 816. The van der Waals surface area contributed by atoms with Crippen LogP contribution in [0.2, 0.25) is 0 Å². The third-order valence-corrected chi connectivity index (χ3v) is 4.53. The average molecular weight is 339 g/mol. The van der Waals surface area contributed by atoms with Gasteiger partial charge in [0.25, 0.3) is 5.82 Å². The van der Waals surface area contributed by atoms with Gasteiger partial charge in [0.2, 0.25) is 0 Å². The molecule has 7 heteroatoms. The van der Waals surface area contributed by atoms with Crippen LogP contribution < -0.4 is 10.1 Å². The number of ether oxygens (including phenoxy) is 1. The fourth-order valence-corrected chi connectivity index (χ4v) is 2.97. The zero-order valence-corrected chi connectivity index (χ0v) is 14.3. The molecule has 2 aromatic rings. The molecule has 0 unspecified atom stereocenters. The smallest absolute Gasteiger partial charge is 0.288 e. The highest BCUT2D eigenvalue weighted by Gasteiger charge is 2.17. The number of nitrogens with one attached hydrogen (secondary N) is 1. The van der Waals surface area contributed by atoms with Crippen molar-refractivity contribution in [2.45, 2.75) is 26.4 Å². The molecule has 0 fully saturated rings. The number of aliphatic imine (C=N–C) groups is 1. The first-order valence-electron chi connectivity index (χ1n) is 7.65. The summed E-state index contributed by atoms with van der Waals surface area (Å²) in [6.07, 6.45) is 6.13. The molecule has 1 aliphatic rings. The van der Waals surface area contributed by atoms with E-state index in [2.05, 4.69) is 39.0 Å². The van der Waals surface area contributed by atoms with Crippen molar-refractivity contribution in [3.8, 4) is 5.75 Å². The van der Waals surface area contributed by atoms with Crippen molar-refractivity contribution in [3.63, 3.8) is 0 Å². The van der Waals surface area contributed by atoms with Crippen LogP contribution >= 0.6 is 11.3 Å². The van der Waals surface area contributed by atoms with E-state index in [1.54, 1.807) is 11.3 Å².